The summed E-state index contributed by atoms with van der Waals surface area (Å²) < 4.78 is 5.72. The maximum Gasteiger partial charge on any atom is 0.146 e. The zero-order valence-electron chi connectivity index (χ0n) is 11.1. The Kier molecular flexibility index (Phi) is 4.62. The van der Waals surface area contributed by atoms with Gasteiger partial charge in [-0.15, -0.1) is 0 Å². The van der Waals surface area contributed by atoms with Crippen LogP contribution in [0.1, 0.15) is 24.1 Å². The first-order valence-electron chi connectivity index (χ1n) is 6.29. The number of nitrogens with two attached hydrogens (primary N) is 1. The van der Waals surface area contributed by atoms with Crippen molar-refractivity contribution in [3.8, 4) is 17.6 Å². The lowest BCUT2D eigenvalue weighted by atomic mass is 10.1. The summed E-state index contributed by atoms with van der Waals surface area (Å²) in [4.78, 5) is 0. The van der Waals surface area contributed by atoms with Crippen molar-refractivity contribution in [1.29, 1.82) is 5.26 Å². The van der Waals surface area contributed by atoms with Gasteiger partial charge in [0, 0.05) is 6.04 Å². The van der Waals surface area contributed by atoms with Gasteiger partial charge in [-0.1, -0.05) is 29.8 Å². The first-order valence-corrected chi connectivity index (χ1v) is 6.66. The van der Waals surface area contributed by atoms with E-state index < -0.39 is 0 Å². The molecule has 0 fully saturated rings. The van der Waals surface area contributed by atoms with Gasteiger partial charge in [0.15, 0.2) is 0 Å². The fraction of sp³-hybridized carbons (Fsp3) is 0.188. The molecule has 1 unspecified atom stereocenters. The van der Waals surface area contributed by atoms with Crippen molar-refractivity contribution in [2.75, 3.05) is 0 Å². The van der Waals surface area contributed by atoms with E-state index in [1.54, 1.807) is 0 Å². The van der Waals surface area contributed by atoms with E-state index in [0.29, 0.717) is 22.9 Å². The topological polar surface area (TPSA) is 59.0 Å². The van der Waals surface area contributed by atoms with E-state index in [2.05, 4.69) is 6.07 Å². The van der Waals surface area contributed by atoms with Gasteiger partial charge in [-0.2, -0.15) is 5.26 Å². The molecule has 3 nitrogen and oxygen atoms in total. The Morgan fingerprint density at radius 3 is 2.50 bits per heavy atom. The van der Waals surface area contributed by atoms with Crippen LogP contribution in [0.2, 0.25) is 5.02 Å². The minimum atomic E-state index is -0.0631. The first-order chi connectivity index (χ1) is 9.60. The van der Waals surface area contributed by atoms with Gasteiger partial charge < -0.3 is 10.5 Å². The zero-order chi connectivity index (χ0) is 14.5. The number of halogens is 1. The van der Waals surface area contributed by atoms with E-state index in [9.17, 15) is 0 Å². The molecule has 0 aliphatic rings. The third kappa shape index (κ3) is 3.51. The third-order valence-corrected chi connectivity index (χ3v) is 3.21. The molecule has 0 radical (unpaired) electrons. The molecular weight excluding hydrogens is 272 g/mol. The van der Waals surface area contributed by atoms with Crippen LogP contribution in [0.4, 0.5) is 0 Å². The number of benzene rings is 2. The molecule has 0 saturated carbocycles. The van der Waals surface area contributed by atoms with E-state index in [1.807, 2.05) is 49.4 Å². The molecule has 1 atom stereocenters. The average Bonchev–Trinajstić information content (AvgIpc) is 2.43. The summed E-state index contributed by atoms with van der Waals surface area (Å²) >= 11 is 6.18. The number of nitriles is 1. The number of rotatable bonds is 4. The van der Waals surface area contributed by atoms with E-state index in [0.717, 1.165) is 11.1 Å². The summed E-state index contributed by atoms with van der Waals surface area (Å²) in [5.74, 6) is 1.27. The van der Waals surface area contributed by atoms with Crippen LogP contribution < -0.4 is 10.5 Å². The monoisotopic (exact) mass is 286 g/mol. The van der Waals surface area contributed by atoms with E-state index in [1.165, 1.54) is 0 Å². The lowest BCUT2D eigenvalue weighted by Gasteiger charge is -2.11. The second-order valence-electron chi connectivity index (χ2n) is 4.56. The van der Waals surface area contributed by atoms with Gasteiger partial charge in [0.05, 0.1) is 17.5 Å². The first kappa shape index (κ1) is 14.4. The van der Waals surface area contributed by atoms with Gasteiger partial charge >= 0.3 is 0 Å². The van der Waals surface area contributed by atoms with Gasteiger partial charge in [-0.25, -0.2) is 0 Å². The normalized spacial score (nSPS) is 11.7. The Morgan fingerprint density at radius 1 is 1.25 bits per heavy atom. The molecule has 0 bridgehead atoms. The Labute approximate surface area is 123 Å². The molecule has 4 heteroatoms. The minimum absolute atomic E-state index is 0.0631. The largest absolute Gasteiger partial charge is 0.456 e. The smallest absolute Gasteiger partial charge is 0.146 e. The van der Waals surface area contributed by atoms with Gasteiger partial charge in [0.25, 0.3) is 0 Å². The maximum absolute atomic E-state index is 8.62. The fourth-order valence-corrected chi connectivity index (χ4v) is 2.00. The van der Waals surface area contributed by atoms with Crippen LogP contribution in [0.3, 0.4) is 0 Å². The molecule has 0 saturated heterocycles. The molecule has 2 aromatic rings. The quantitative estimate of drug-likeness (QED) is 0.915. The van der Waals surface area contributed by atoms with Gasteiger partial charge in [-0.3, -0.25) is 0 Å². The molecule has 0 aliphatic carbocycles. The van der Waals surface area contributed by atoms with Crippen LogP contribution >= 0.6 is 11.6 Å². The van der Waals surface area contributed by atoms with Crippen LogP contribution in [0.15, 0.2) is 42.5 Å². The summed E-state index contributed by atoms with van der Waals surface area (Å²) in [7, 11) is 0. The molecule has 0 amide bonds. The molecule has 2 N–H and O–H groups in total. The van der Waals surface area contributed by atoms with Crippen molar-refractivity contribution in [3.05, 3.63) is 58.6 Å². The summed E-state index contributed by atoms with van der Waals surface area (Å²) in [5, 5.41) is 9.15. The maximum atomic E-state index is 8.62. The molecule has 0 spiro atoms. The van der Waals surface area contributed by atoms with Crippen molar-refractivity contribution in [3.63, 3.8) is 0 Å². The molecule has 2 rings (SSSR count). The summed E-state index contributed by atoms with van der Waals surface area (Å²) in [5.41, 5.74) is 7.73. The molecule has 0 aromatic heterocycles. The number of ether oxygens (including phenoxy) is 1. The van der Waals surface area contributed by atoms with E-state index in [4.69, 9.17) is 27.3 Å². The molecule has 20 heavy (non-hydrogen) atoms. The SMILES string of the molecule is CC(N)c1ccc(Oc2ccc(CC#N)cc2)c(Cl)c1. The standard InChI is InChI=1S/C16H15ClN2O/c1-11(19)13-4-7-16(15(17)10-13)20-14-5-2-12(3-6-14)8-9-18/h2-7,10-11H,8,19H2,1H3. The highest BCUT2D eigenvalue weighted by atomic mass is 35.5. The van der Waals surface area contributed by atoms with Crippen LogP contribution in [0.5, 0.6) is 11.5 Å². The Balaban J connectivity index is 2.15. The summed E-state index contributed by atoms with van der Waals surface area (Å²) in [6, 6.07) is 14.9. The van der Waals surface area contributed by atoms with Crippen molar-refractivity contribution in [2.24, 2.45) is 5.73 Å². The second-order valence-corrected chi connectivity index (χ2v) is 4.97. The highest BCUT2D eigenvalue weighted by Gasteiger charge is 2.07. The lowest BCUT2D eigenvalue weighted by molar-refractivity contribution is 0.482. The molecule has 0 aliphatic heterocycles. The number of nitrogens with zero attached hydrogens (tertiary/aromatic N) is 1. The number of hydrogen-bond donors (Lipinski definition) is 1. The summed E-state index contributed by atoms with van der Waals surface area (Å²) in [6.07, 6.45) is 0.393. The van der Waals surface area contributed by atoms with Gasteiger partial charge in [0.1, 0.15) is 11.5 Å². The van der Waals surface area contributed by atoms with Crippen molar-refractivity contribution in [2.45, 2.75) is 19.4 Å². The highest BCUT2D eigenvalue weighted by Crippen LogP contribution is 2.31. The van der Waals surface area contributed by atoms with E-state index >= 15 is 0 Å². The fourth-order valence-electron chi connectivity index (χ4n) is 1.78. The van der Waals surface area contributed by atoms with Crippen LogP contribution in [-0.2, 0) is 6.42 Å². The van der Waals surface area contributed by atoms with Crippen LogP contribution in [0, 0.1) is 11.3 Å². The van der Waals surface area contributed by atoms with Crippen LogP contribution in [-0.4, -0.2) is 0 Å². The Hall–Kier alpha value is -2.02. The molecule has 2 aromatic carbocycles. The number of hydrogen-bond acceptors (Lipinski definition) is 3. The molecule has 0 heterocycles. The van der Waals surface area contributed by atoms with Gasteiger partial charge in [-0.05, 0) is 42.3 Å². The highest BCUT2D eigenvalue weighted by molar-refractivity contribution is 6.32. The van der Waals surface area contributed by atoms with Crippen molar-refractivity contribution >= 4 is 11.6 Å². The predicted octanol–water partition coefficient (Wildman–Crippen LogP) is 4.22. The van der Waals surface area contributed by atoms with E-state index in [-0.39, 0.29) is 6.04 Å². The third-order valence-electron chi connectivity index (χ3n) is 2.92. The molecular formula is C16H15ClN2O. The Morgan fingerprint density at radius 2 is 1.95 bits per heavy atom. The van der Waals surface area contributed by atoms with Crippen LogP contribution in [0.25, 0.3) is 0 Å². The molecule has 102 valence electrons. The minimum Gasteiger partial charge on any atom is -0.456 e. The summed E-state index contributed by atoms with van der Waals surface area (Å²) in [6.45, 7) is 1.90. The van der Waals surface area contributed by atoms with Crippen molar-refractivity contribution < 1.29 is 4.74 Å². The predicted molar refractivity (Wildman–Crippen MR) is 79.9 cm³/mol. The zero-order valence-corrected chi connectivity index (χ0v) is 11.9. The average molecular weight is 287 g/mol. The Bertz CT molecular complexity index is 630. The second kappa shape index (κ2) is 6.42. The lowest BCUT2D eigenvalue weighted by Crippen LogP contribution is -2.04. The van der Waals surface area contributed by atoms with Crippen molar-refractivity contribution in [1.82, 2.24) is 0 Å². The van der Waals surface area contributed by atoms with Gasteiger partial charge in [0.2, 0.25) is 0 Å².